The van der Waals surface area contributed by atoms with E-state index in [0.717, 1.165) is 35.2 Å². The Balaban J connectivity index is 2.01. The molecule has 2 N–H and O–H groups in total. The van der Waals surface area contributed by atoms with E-state index in [0.29, 0.717) is 17.4 Å². The van der Waals surface area contributed by atoms with Gasteiger partial charge in [0.1, 0.15) is 18.5 Å². The molecule has 1 aromatic carbocycles. The molecule has 35 heavy (non-hydrogen) atoms. The fourth-order valence-corrected chi connectivity index (χ4v) is 4.22. The molecule has 0 aliphatic heterocycles. The van der Waals surface area contributed by atoms with Crippen LogP contribution < -0.4 is 15.3 Å². The summed E-state index contributed by atoms with van der Waals surface area (Å²) in [6, 6.07) is 4.37. The number of benzene rings is 1. The van der Waals surface area contributed by atoms with Gasteiger partial charge in [-0.15, -0.1) is 0 Å². The molecule has 0 saturated carbocycles. The molecule has 0 aliphatic rings. The van der Waals surface area contributed by atoms with Gasteiger partial charge < -0.3 is 19.8 Å². The molecule has 1 atom stereocenters. The van der Waals surface area contributed by atoms with E-state index in [2.05, 4.69) is 9.98 Å². The predicted molar refractivity (Wildman–Crippen MR) is 124 cm³/mol. The molecule has 0 radical (unpaired) electrons. The van der Waals surface area contributed by atoms with E-state index in [1.807, 2.05) is 11.5 Å². The smallest absolute Gasteiger partial charge is 0.416 e. The summed E-state index contributed by atoms with van der Waals surface area (Å²) < 4.78 is 53.3. The summed E-state index contributed by atoms with van der Waals surface area (Å²) in [7, 11) is 0. The Morgan fingerprint density at radius 1 is 1.29 bits per heavy atom. The van der Waals surface area contributed by atoms with E-state index in [-0.39, 0.29) is 24.5 Å². The van der Waals surface area contributed by atoms with Gasteiger partial charge >= 0.3 is 12.1 Å². The molecule has 12 heteroatoms. The molecular weight excluding hydrogens is 485 g/mol. The van der Waals surface area contributed by atoms with Gasteiger partial charge in [0, 0.05) is 12.7 Å². The van der Waals surface area contributed by atoms with Crippen molar-refractivity contribution in [3.05, 3.63) is 52.6 Å². The summed E-state index contributed by atoms with van der Waals surface area (Å²) in [5.41, 5.74) is 4.63. The fourth-order valence-electron chi connectivity index (χ4n) is 3.19. The number of carbonyl (C=O) groups is 2. The molecule has 2 aromatic heterocycles. The van der Waals surface area contributed by atoms with Crippen LogP contribution in [0.1, 0.15) is 42.6 Å². The van der Waals surface area contributed by atoms with Crippen molar-refractivity contribution in [3.8, 4) is 5.75 Å². The molecule has 1 amide bonds. The summed E-state index contributed by atoms with van der Waals surface area (Å²) in [4.78, 5) is 33.1. The standard InChI is InChI=1S/C23H25F3N4O4S/c1-3-4-9-30-17-12-28-8-7-19(17)35-22(30)29-21(32)16-10-15(23(24,25)26)5-6-18(16)33-13-14(2)34-20(31)11-27/h5-8,10,12,14H,3-4,9,11,13,27H2,1-2H3/b29-22-/t14-/m0/s1. The number of carbonyl (C=O) groups excluding carboxylic acids is 2. The zero-order chi connectivity index (χ0) is 25.6. The van der Waals surface area contributed by atoms with Crippen molar-refractivity contribution in [2.45, 2.75) is 45.5 Å². The summed E-state index contributed by atoms with van der Waals surface area (Å²) >= 11 is 1.24. The van der Waals surface area contributed by atoms with Crippen LogP contribution >= 0.6 is 11.3 Å². The number of hydrogen-bond acceptors (Lipinski definition) is 7. The maximum Gasteiger partial charge on any atom is 0.416 e. The van der Waals surface area contributed by atoms with Gasteiger partial charge in [0.2, 0.25) is 0 Å². The zero-order valence-corrected chi connectivity index (χ0v) is 20.0. The van der Waals surface area contributed by atoms with Crippen LogP contribution in [0.25, 0.3) is 10.2 Å². The van der Waals surface area contributed by atoms with Crippen LogP contribution in [-0.2, 0) is 22.3 Å². The largest absolute Gasteiger partial charge is 0.489 e. The Morgan fingerprint density at radius 2 is 2.06 bits per heavy atom. The quantitative estimate of drug-likeness (QED) is 0.437. The van der Waals surface area contributed by atoms with Gasteiger partial charge in [0.15, 0.2) is 4.80 Å². The number of fused-ring (bicyclic) bond motifs is 1. The van der Waals surface area contributed by atoms with Gasteiger partial charge in [-0.3, -0.25) is 14.6 Å². The fraction of sp³-hybridized carbons (Fsp3) is 0.391. The van der Waals surface area contributed by atoms with Gasteiger partial charge in [-0.2, -0.15) is 18.2 Å². The SMILES string of the molecule is CCCCn1/c(=N/C(=O)c2cc(C(F)(F)F)ccc2OC[C@H](C)OC(=O)CN)sc2ccncc21. The maximum atomic E-state index is 13.4. The Labute approximate surface area is 203 Å². The lowest BCUT2D eigenvalue weighted by Gasteiger charge is -2.16. The van der Waals surface area contributed by atoms with Crippen molar-refractivity contribution < 1.29 is 32.2 Å². The molecule has 0 unspecified atom stereocenters. The zero-order valence-electron chi connectivity index (χ0n) is 19.2. The highest BCUT2D eigenvalue weighted by molar-refractivity contribution is 7.16. The van der Waals surface area contributed by atoms with Crippen molar-refractivity contribution in [1.29, 1.82) is 0 Å². The topological polar surface area (TPSA) is 109 Å². The highest BCUT2D eigenvalue weighted by atomic mass is 32.1. The number of aromatic nitrogens is 2. The van der Waals surface area contributed by atoms with E-state index >= 15 is 0 Å². The monoisotopic (exact) mass is 510 g/mol. The molecule has 0 spiro atoms. The van der Waals surface area contributed by atoms with Gasteiger partial charge in [0.25, 0.3) is 5.91 Å². The minimum Gasteiger partial charge on any atom is -0.489 e. The van der Waals surface area contributed by atoms with E-state index in [1.54, 1.807) is 18.5 Å². The lowest BCUT2D eigenvalue weighted by molar-refractivity contribution is -0.147. The first kappa shape index (κ1) is 26.4. The van der Waals surface area contributed by atoms with E-state index in [9.17, 15) is 22.8 Å². The van der Waals surface area contributed by atoms with Crippen molar-refractivity contribution in [2.75, 3.05) is 13.2 Å². The molecule has 0 bridgehead atoms. The second-order valence-electron chi connectivity index (χ2n) is 7.67. The number of alkyl halides is 3. The number of ether oxygens (including phenoxy) is 2. The number of hydrogen-bond donors (Lipinski definition) is 1. The van der Waals surface area contributed by atoms with Crippen molar-refractivity contribution >= 4 is 33.4 Å². The van der Waals surface area contributed by atoms with Crippen LogP contribution in [-0.4, -0.2) is 40.7 Å². The van der Waals surface area contributed by atoms with Gasteiger partial charge in [0.05, 0.1) is 34.1 Å². The number of esters is 1. The van der Waals surface area contributed by atoms with Crippen molar-refractivity contribution in [1.82, 2.24) is 9.55 Å². The molecule has 3 aromatic rings. The van der Waals surface area contributed by atoms with Crippen LogP contribution in [0.4, 0.5) is 13.2 Å². The second-order valence-corrected chi connectivity index (χ2v) is 8.68. The average Bonchev–Trinajstić information content (AvgIpc) is 3.17. The number of rotatable bonds is 9. The van der Waals surface area contributed by atoms with Crippen LogP contribution in [0.15, 0.2) is 41.7 Å². The third-order valence-electron chi connectivity index (χ3n) is 4.93. The number of unbranched alkanes of at least 4 members (excludes halogenated alkanes) is 1. The first-order valence-corrected chi connectivity index (χ1v) is 11.7. The highest BCUT2D eigenvalue weighted by Crippen LogP contribution is 2.33. The Bertz CT molecular complexity index is 1270. The molecule has 3 rings (SSSR count). The lowest BCUT2D eigenvalue weighted by Crippen LogP contribution is -2.26. The van der Waals surface area contributed by atoms with E-state index in [4.69, 9.17) is 15.2 Å². The Morgan fingerprint density at radius 3 is 2.74 bits per heavy atom. The van der Waals surface area contributed by atoms with E-state index < -0.39 is 29.7 Å². The van der Waals surface area contributed by atoms with Crippen molar-refractivity contribution in [2.24, 2.45) is 10.7 Å². The van der Waals surface area contributed by atoms with Gasteiger partial charge in [-0.1, -0.05) is 24.7 Å². The predicted octanol–water partition coefficient (Wildman–Crippen LogP) is 3.93. The van der Waals surface area contributed by atoms with E-state index in [1.165, 1.54) is 18.3 Å². The summed E-state index contributed by atoms with van der Waals surface area (Å²) in [6.07, 6.45) is -0.406. The normalized spacial score (nSPS) is 13.1. The second kappa shape index (κ2) is 11.5. The Kier molecular flexibility index (Phi) is 8.62. The van der Waals surface area contributed by atoms with Crippen LogP contribution in [0, 0.1) is 0 Å². The lowest BCUT2D eigenvalue weighted by atomic mass is 10.1. The molecular formula is C23H25F3N4O4S. The van der Waals surface area contributed by atoms with Crippen LogP contribution in [0.5, 0.6) is 5.75 Å². The number of amides is 1. The number of pyridine rings is 1. The maximum absolute atomic E-state index is 13.4. The van der Waals surface area contributed by atoms with Crippen LogP contribution in [0.2, 0.25) is 0 Å². The molecule has 0 aliphatic carbocycles. The van der Waals surface area contributed by atoms with Crippen LogP contribution in [0.3, 0.4) is 0 Å². The first-order valence-electron chi connectivity index (χ1n) is 10.9. The van der Waals surface area contributed by atoms with Gasteiger partial charge in [-0.05, 0) is 37.6 Å². The number of aryl methyl sites for hydroxylation is 1. The molecule has 188 valence electrons. The highest BCUT2D eigenvalue weighted by Gasteiger charge is 2.32. The third-order valence-corrected chi connectivity index (χ3v) is 5.99. The molecule has 0 fully saturated rings. The number of thiazole rings is 1. The summed E-state index contributed by atoms with van der Waals surface area (Å²) in [5.74, 6) is -1.65. The Hall–Kier alpha value is -3.25. The number of halogens is 3. The molecule has 8 nitrogen and oxygen atoms in total. The van der Waals surface area contributed by atoms with Crippen molar-refractivity contribution in [3.63, 3.8) is 0 Å². The minimum atomic E-state index is -4.66. The first-order chi connectivity index (χ1) is 16.6. The summed E-state index contributed by atoms with van der Waals surface area (Å²) in [5, 5.41) is 0. The summed E-state index contributed by atoms with van der Waals surface area (Å²) in [6.45, 7) is 3.61. The minimum absolute atomic E-state index is 0.106. The van der Waals surface area contributed by atoms with Gasteiger partial charge in [-0.25, -0.2) is 0 Å². The molecule has 0 saturated heterocycles. The number of nitrogens with zero attached hydrogens (tertiary/aromatic N) is 3. The average molecular weight is 511 g/mol. The molecule has 2 heterocycles. The third kappa shape index (κ3) is 6.67. The number of nitrogens with two attached hydrogens (primary N) is 1.